The predicted octanol–water partition coefficient (Wildman–Crippen LogP) is 3.71. The van der Waals surface area contributed by atoms with Gasteiger partial charge in [0.25, 0.3) is 0 Å². The molecule has 78 valence electrons. The molecule has 0 atom stereocenters. The van der Waals surface area contributed by atoms with Crippen molar-refractivity contribution in [2.45, 2.75) is 9.24 Å². The Hall–Kier alpha value is -1.01. The van der Waals surface area contributed by atoms with Crippen LogP contribution in [0.4, 0.5) is 13.2 Å². The van der Waals surface area contributed by atoms with Crippen LogP contribution in [0.1, 0.15) is 0 Å². The van der Waals surface area contributed by atoms with E-state index in [0.29, 0.717) is 6.07 Å². The summed E-state index contributed by atoms with van der Waals surface area (Å²) in [7, 11) is 0. The Morgan fingerprint density at radius 2 is 2.00 bits per heavy atom. The van der Waals surface area contributed by atoms with E-state index < -0.39 is 17.6 Å². The first kappa shape index (κ1) is 10.5. The molecule has 0 aromatic carbocycles. The van der Waals surface area contributed by atoms with E-state index in [-0.39, 0.29) is 5.03 Å². The van der Waals surface area contributed by atoms with Crippen LogP contribution in [0, 0.1) is 17.6 Å². The topological polar surface area (TPSA) is 12.9 Å². The average molecular weight is 247 g/mol. The van der Waals surface area contributed by atoms with E-state index in [9.17, 15) is 13.2 Å². The van der Waals surface area contributed by atoms with Gasteiger partial charge in [0.05, 0.1) is 4.21 Å². The minimum absolute atomic E-state index is 0.156. The summed E-state index contributed by atoms with van der Waals surface area (Å²) in [6, 6.07) is 4.03. The van der Waals surface area contributed by atoms with Gasteiger partial charge in [0.1, 0.15) is 5.03 Å². The number of hydrogen-bond acceptors (Lipinski definition) is 3. The second kappa shape index (κ2) is 4.24. The molecule has 0 unspecified atom stereocenters. The highest BCUT2D eigenvalue weighted by Gasteiger charge is 2.12. The van der Waals surface area contributed by atoms with E-state index in [1.165, 1.54) is 11.3 Å². The molecule has 0 aliphatic heterocycles. The molecule has 2 aromatic rings. The third kappa shape index (κ3) is 2.32. The molecule has 0 amide bonds. The fraction of sp³-hybridized carbons (Fsp3) is 0. The van der Waals surface area contributed by atoms with Crippen LogP contribution < -0.4 is 0 Å². The lowest BCUT2D eigenvalue weighted by Crippen LogP contribution is -1.95. The van der Waals surface area contributed by atoms with Crippen LogP contribution in [0.25, 0.3) is 0 Å². The summed E-state index contributed by atoms with van der Waals surface area (Å²) < 4.78 is 39.2. The highest BCUT2D eigenvalue weighted by atomic mass is 32.2. The van der Waals surface area contributed by atoms with Crippen molar-refractivity contribution in [3.63, 3.8) is 0 Å². The standard InChI is InChI=1S/C9H4F3NS2/c10-5-4-6(11)9(13-8(5)12)15-7-2-1-3-14-7/h1-4H. The highest BCUT2D eigenvalue weighted by Crippen LogP contribution is 2.31. The number of rotatable bonds is 2. The van der Waals surface area contributed by atoms with E-state index in [2.05, 4.69) is 4.98 Å². The molecular weight excluding hydrogens is 243 g/mol. The van der Waals surface area contributed by atoms with Gasteiger partial charge in [-0.15, -0.1) is 11.3 Å². The summed E-state index contributed by atoms with van der Waals surface area (Å²) in [6.45, 7) is 0. The monoisotopic (exact) mass is 247 g/mol. The first-order valence-electron chi connectivity index (χ1n) is 3.89. The lowest BCUT2D eigenvalue weighted by molar-refractivity contribution is 0.448. The van der Waals surface area contributed by atoms with Gasteiger partial charge in [-0.2, -0.15) is 4.39 Å². The van der Waals surface area contributed by atoms with Gasteiger partial charge in [-0.05, 0) is 11.4 Å². The summed E-state index contributed by atoms with van der Waals surface area (Å²) in [4.78, 5) is 3.20. The van der Waals surface area contributed by atoms with Gasteiger partial charge in [-0.1, -0.05) is 17.8 Å². The Balaban J connectivity index is 2.33. The zero-order chi connectivity index (χ0) is 10.8. The van der Waals surface area contributed by atoms with Crippen molar-refractivity contribution in [1.82, 2.24) is 4.98 Å². The maximum atomic E-state index is 13.1. The van der Waals surface area contributed by atoms with Crippen LogP contribution >= 0.6 is 23.1 Å². The Morgan fingerprint density at radius 3 is 2.67 bits per heavy atom. The molecule has 0 saturated carbocycles. The summed E-state index contributed by atoms with van der Waals surface area (Å²) >= 11 is 2.35. The summed E-state index contributed by atoms with van der Waals surface area (Å²) in [6.07, 6.45) is 0. The molecule has 0 saturated heterocycles. The third-order valence-electron chi connectivity index (χ3n) is 1.55. The summed E-state index contributed by atoms with van der Waals surface area (Å²) in [5.41, 5.74) is 0. The van der Waals surface area contributed by atoms with E-state index in [4.69, 9.17) is 0 Å². The Bertz CT molecular complexity index is 470. The molecule has 2 aromatic heterocycles. The van der Waals surface area contributed by atoms with Crippen molar-refractivity contribution in [2.24, 2.45) is 0 Å². The molecule has 2 heterocycles. The summed E-state index contributed by atoms with van der Waals surface area (Å²) in [5, 5.41) is 1.65. The Labute approximate surface area is 92.0 Å². The van der Waals surface area contributed by atoms with Crippen LogP contribution in [0.15, 0.2) is 32.8 Å². The van der Waals surface area contributed by atoms with Crippen LogP contribution in [-0.4, -0.2) is 4.98 Å². The van der Waals surface area contributed by atoms with Gasteiger partial charge in [0.15, 0.2) is 11.6 Å². The molecule has 0 radical (unpaired) electrons. The van der Waals surface area contributed by atoms with Crippen LogP contribution in [0.5, 0.6) is 0 Å². The molecule has 0 bridgehead atoms. The van der Waals surface area contributed by atoms with Crippen LogP contribution in [0.3, 0.4) is 0 Å². The molecule has 1 nitrogen and oxygen atoms in total. The smallest absolute Gasteiger partial charge is 0.207 e. The van der Waals surface area contributed by atoms with Gasteiger partial charge < -0.3 is 0 Å². The fourth-order valence-corrected chi connectivity index (χ4v) is 2.58. The first-order valence-corrected chi connectivity index (χ1v) is 5.59. The van der Waals surface area contributed by atoms with Crippen molar-refractivity contribution in [2.75, 3.05) is 0 Å². The lowest BCUT2D eigenvalue weighted by Gasteiger charge is -2.00. The largest absolute Gasteiger partial charge is 0.250 e. The maximum Gasteiger partial charge on any atom is 0.250 e. The van der Waals surface area contributed by atoms with E-state index >= 15 is 0 Å². The van der Waals surface area contributed by atoms with Crippen molar-refractivity contribution in [3.05, 3.63) is 41.2 Å². The molecule has 0 aliphatic rings. The number of thiophene rings is 1. The van der Waals surface area contributed by atoms with E-state index in [0.717, 1.165) is 16.0 Å². The number of pyridine rings is 1. The van der Waals surface area contributed by atoms with Crippen LogP contribution in [0.2, 0.25) is 0 Å². The lowest BCUT2D eigenvalue weighted by atomic mass is 10.4. The fourth-order valence-electron chi connectivity index (χ4n) is 0.917. The van der Waals surface area contributed by atoms with Gasteiger partial charge in [-0.25, -0.2) is 13.8 Å². The first-order chi connectivity index (χ1) is 7.16. The average Bonchev–Trinajstić information content (AvgIpc) is 2.67. The van der Waals surface area contributed by atoms with Gasteiger partial charge in [0, 0.05) is 6.07 Å². The number of halogens is 3. The minimum Gasteiger partial charge on any atom is -0.207 e. The number of nitrogens with zero attached hydrogens (tertiary/aromatic N) is 1. The molecule has 0 aliphatic carbocycles. The molecule has 0 N–H and O–H groups in total. The molecular formula is C9H4F3NS2. The molecule has 0 fully saturated rings. The van der Waals surface area contributed by atoms with E-state index in [1.807, 2.05) is 0 Å². The van der Waals surface area contributed by atoms with Crippen molar-refractivity contribution < 1.29 is 13.2 Å². The Kier molecular flexibility index (Phi) is 2.97. The molecule has 2 rings (SSSR count). The second-order valence-corrected chi connectivity index (χ2v) is 4.82. The zero-order valence-corrected chi connectivity index (χ0v) is 8.84. The normalized spacial score (nSPS) is 10.6. The van der Waals surface area contributed by atoms with Crippen molar-refractivity contribution >= 4 is 23.1 Å². The highest BCUT2D eigenvalue weighted by molar-refractivity contribution is 8.01. The third-order valence-corrected chi connectivity index (χ3v) is 3.56. The Morgan fingerprint density at radius 1 is 1.20 bits per heavy atom. The minimum atomic E-state index is -1.28. The second-order valence-electron chi connectivity index (χ2n) is 2.58. The van der Waals surface area contributed by atoms with Crippen LogP contribution in [-0.2, 0) is 0 Å². The summed E-state index contributed by atoms with van der Waals surface area (Å²) in [5.74, 6) is -3.41. The van der Waals surface area contributed by atoms with E-state index in [1.54, 1.807) is 17.5 Å². The molecule has 6 heteroatoms. The molecule has 15 heavy (non-hydrogen) atoms. The van der Waals surface area contributed by atoms with Gasteiger partial charge in [0.2, 0.25) is 5.95 Å². The van der Waals surface area contributed by atoms with Gasteiger partial charge in [-0.3, -0.25) is 0 Å². The SMILES string of the molecule is Fc1cc(F)c(Sc2cccs2)nc1F. The van der Waals surface area contributed by atoms with Gasteiger partial charge >= 0.3 is 0 Å². The van der Waals surface area contributed by atoms with Crippen molar-refractivity contribution in [3.8, 4) is 0 Å². The maximum absolute atomic E-state index is 13.1. The zero-order valence-electron chi connectivity index (χ0n) is 7.21. The van der Waals surface area contributed by atoms with Crippen molar-refractivity contribution in [1.29, 1.82) is 0 Å². The number of aromatic nitrogens is 1. The predicted molar refractivity (Wildman–Crippen MR) is 52.6 cm³/mol. The molecule has 0 spiro atoms. The number of hydrogen-bond donors (Lipinski definition) is 0. The quantitative estimate of drug-likeness (QED) is 0.750.